The van der Waals surface area contributed by atoms with Gasteiger partial charge in [-0.25, -0.2) is 17.5 Å². The van der Waals surface area contributed by atoms with Crippen molar-refractivity contribution in [3.63, 3.8) is 0 Å². The second-order valence-electron chi connectivity index (χ2n) is 8.68. The van der Waals surface area contributed by atoms with Gasteiger partial charge in [-0.05, 0) is 68.7 Å². The molecule has 0 spiro atoms. The van der Waals surface area contributed by atoms with Crippen LogP contribution in [0.3, 0.4) is 0 Å². The summed E-state index contributed by atoms with van der Waals surface area (Å²) < 4.78 is 33.4. The van der Waals surface area contributed by atoms with Crippen LogP contribution in [0.25, 0.3) is 0 Å². The number of hydrogen-bond acceptors (Lipinski definition) is 6. The minimum absolute atomic E-state index is 0.0548. The summed E-state index contributed by atoms with van der Waals surface area (Å²) in [5.74, 6) is -0.894. The van der Waals surface area contributed by atoms with Crippen molar-refractivity contribution < 1.29 is 22.7 Å². The Kier molecular flexibility index (Phi) is 8.12. The van der Waals surface area contributed by atoms with E-state index in [1.54, 1.807) is 19.1 Å². The highest BCUT2D eigenvalue weighted by molar-refractivity contribution is 9.10. The van der Waals surface area contributed by atoms with Crippen LogP contribution in [0.5, 0.6) is 0 Å². The molecule has 0 saturated carbocycles. The number of nitrogens with one attached hydrogen (secondary N) is 1. The highest BCUT2D eigenvalue weighted by Gasteiger charge is 2.33. The van der Waals surface area contributed by atoms with Crippen LogP contribution in [-0.4, -0.2) is 44.3 Å². The molecule has 2 aromatic rings. The van der Waals surface area contributed by atoms with E-state index in [4.69, 9.17) is 4.74 Å². The number of fused-ring (bicyclic) bond motifs is 1. The fraction of sp³-hybridized carbons (Fsp3) is 0.500. The number of ether oxygens (including phenoxy) is 1. The Morgan fingerprint density at radius 2 is 1.82 bits per heavy atom. The molecule has 1 aromatic heterocycles. The summed E-state index contributed by atoms with van der Waals surface area (Å²) in [4.78, 5) is 26.9. The van der Waals surface area contributed by atoms with E-state index in [-0.39, 0.29) is 30.2 Å². The third-order valence-electron chi connectivity index (χ3n) is 6.37. The van der Waals surface area contributed by atoms with Gasteiger partial charge in [-0.3, -0.25) is 4.79 Å². The first-order valence-corrected chi connectivity index (χ1v) is 14.8. The van der Waals surface area contributed by atoms with Crippen molar-refractivity contribution in [1.82, 2.24) is 4.31 Å². The summed E-state index contributed by atoms with van der Waals surface area (Å²) >= 11 is 4.83. The molecule has 1 fully saturated rings. The standard InChI is InChI=1S/C24H29BrN2O5S2/c1-2-32-24(29)21-19-5-3-4-6-20(19)33-23(21)26-22(28)17-11-13-27(14-12-17)34(30,31)15-16-7-9-18(25)10-8-16/h7-10,17H,2-6,11-15H2,1H3,(H,26,28). The number of aryl methyl sites for hydroxylation is 1. The lowest BCUT2D eigenvalue weighted by Crippen LogP contribution is -2.41. The highest BCUT2D eigenvalue weighted by atomic mass is 79.9. The van der Waals surface area contributed by atoms with Gasteiger partial charge in [0.05, 0.1) is 17.9 Å². The number of hydrogen-bond donors (Lipinski definition) is 1. The van der Waals surface area contributed by atoms with E-state index < -0.39 is 10.0 Å². The van der Waals surface area contributed by atoms with Gasteiger partial charge < -0.3 is 10.1 Å². The second kappa shape index (κ2) is 10.9. The predicted molar refractivity (Wildman–Crippen MR) is 137 cm³/mol. The first-order valence-electron chi connectivity index (χ1n) is 11.6. The van der Waals surface area contributed by atoms with Gasteiger partial charge in [0.2, 0.25) is 15.9 Å². The Hall–Kier alpha value is -1.75. The lowest BCUT2D eigenvalue weighted by Gasteiger charge is -2.30. The second-order valence-corrected chi connectivity index (χ2v) is 12.7. The van der Waals surface area contributed by atoms with Gasteiger partial charge in [0, 0.05) is 28.4 Å². The summed E-state index contributed by atoms with van der Waals surface area (Å²) in [6.07, 6.45) is 4.74. The monoisotopic (exact) mass is 568 g/mol. The zero-order valence-electron chi connectivity index (χ0n) is 19.1. The number of sulfonamides is 1. The van der Waals surface area contributed by atoms with Crippen LogP contribution in [0.1, 0.15) is 59.0 Å². The number of esters is 1. The summed E-state index contributed by atoms with van der Waals surface area (Å²) in [7, 11) is -3.46. The SMILES string of the molecule is CCOC(=O)c1c(NC(=O)C2CCN(S(=O)(=O)Cc3ccc(Br)cc3)CC2)sc2c1CCCC2. The molecule has 0 unspecified atom stereocenters. The Labute approximate surface area is 213 Å². The van der Waals surface area contributed by atoms with E-state index in [0.717, 1.165) is 46.2 Å². The summed E-state index contributed by atoms with van der Waals surface area (Å²) in [6.45, 7) is 2.67. The minimum Gasteiger partial charge on any atom is -0.462 e. The molecular formula is C24H29BrN2O5S2. The minimum atomic E-state index is -3.46. The zero-order chi connectivity index (χ0) is 24.3. The number of amides is 1. The van der Waals surface area contributed by atoms with E-state index in [1.807, 2.05) is 12.1 Å². The molecule has 2 heterocycles. The third-order valence-corrected chi connectivity index (χ3v) is 9.95. The fourth-order valence-corrected chi connectivity index (χ4v) is 7.67. The van der Waals surface area contributed by atoms with Gasteiger partial charge >= 0.3 is 5.97 Å². The molecule has 184 valence electrons. The first kappa shape index (κ1) is 25.3. The molecule has 34 heavy (non-hydrogen) atoms. The number of carbonyl (C=O) groups is 2. The van der Waals surface area contributed by atoms with Crippen molar-refractivity contribution in [2.24, 2.45) is 5.92 Å². The summed E-state index contributed by atoms with van der Waals surface area (Å²) in [5.41, 5.74) is 2.25. The quantitative estimate of drug-likeness (QED) is 0.486. The number of carbonyl (C=O) groups excluding carboxylic acids is 2. The topological polar surface area (TPSA) is 92.8 Å². The van der Waals surface area contributed by atoms with Crippen molar-refractivity contribution in [1.29, 1.82) is 0 Å². The van der Waals surface area contributed by atoms with Crippen molar-refractivity contribution in [3.05, 3.63) is 50.3 Å². The van der Waals surface area contributed by atoms with Crippen LogP contribution in [0.2, 0.25) is 0 Å². The summed E-state index contributed by atoms with van der Waals surface area (Å²) in [5, 5.41) is 3.55. The Morgan fingerprint density at radius 3 is 2.50 bits per heavy atom. The Morgan fingerprint density at radius 1 is 1.15 bits per heavy atom. The molecule has 0 radical (unpaired) electrons. The first-order chi connectivity index (χ1) is 16.3. The van der Waals surface area contributed by atoms with Gasteiger partial charge in [0.1, 0.15) is 5.00 Å². The predicted octanol–water partition coefficient (Wildman–Crippen LogP) is 4.75. The third kappa shape index (κ3) is 5.72. The fourth-order valence-electron chi connectivity index (χ4n) is 4.57. The van der Waals surface area contributed by atoms with E-state index in [2.05, 4.69) is 21.2 Å². The molecule has 0 atom stereocenters. The van der Waals surface area contributed by atoms with E-state index >= 15 is 0 Å². The van der Waals surface area contributed by atoms with Gasteiger partial charge in [-0.1, -0.05) is 28.1 Å². The molecule has 1 saturated heterocycles. The number of benzene rings is 1. The number of anilines is 1. The number of halogens is 1. The lowest BCUT2D eigenvalue weighted by molar-refractivity contribution is -0.120. The average molecular weight is 570 g/mol. The van der Waals surface area contributed by atoms with Crippen LogP contribution < -0.4 is 5.32 Å². The van der Waals surface area contributed by atoms with Crippen LogP contribution in [0.15, 0.2) is 28.7 Å². The molecule has 1 aromatic carbocycles. The molecule has 1 aliphatic heterocycles. The number of rotatable bonds is 7. The van der Waals surface area contributed by atoms with Gasteiger partial charge in [-0.2, -0.15) is 0 Å². The van der Waals surface area contributed by atoms with Crippen molar-refractivity contribution in [3.8, 4) is 0 Å². The van der Waals surface area contributed by atoms with E-state index in [0.29, 0.717) is 36.5 Å². The number of piperidine rings is 1. The highest BCUT2D eigenvalue weighted by Crippen LogP contribution is 2.39. The number of thiophene rings is 1. The molecule has 2 aliphatic rings. The van der Waals surface area contributed by atoms with Crippen LogP contribution in [0, 0.1) is 5.92 Å². The largest absolute Gasteiger partial charge is 0.462 e. The molecule has 1 N–H and O–H groups in total. The van der Waals surface area contributed by atoms with Crippen molar-refractivity contribution in [2.75, 3.05) is 25.0 Å². The zero-order valence-corrected chi connectivity index (χ0v) is 22.4. The molecular weight excluding hydrogens is 540 g/mol. The molecule has 4 rings (SSSR count). The molecule has 10 heteroatoms. The van der Waals surface area contributed by atoms with Crippen molar-refractivity contribution >= 4 is 54.2 Å². The van der Waals surface area contributed by atoms with E-state index in [1.165, 1.54) is 15.6 Å². The Balaban J connectivity index is 1.40. The normalized spacial score (nSPS) is 17.2. The summed E-state index contributed by atoms with van der Waals surface area (Å²) in [6, 6.07) is 7.25. The lowest BCUT2D eigenvalue weighted by atomic mass is 9.95. The van der Waals surface area contributed by atoms with Gasteiger partial charge in [-0.15, -0.1) is 11.3 Å². The Bertz CT molecular complexity index is 1150. The van der Waals surface area contributed by atoms with Crippen LogP contribution in [0.4, 0.5) is 5.00 Å². The number of nitrogens with zero attached hydrogens (tertiary/aromatic N) is 1. The molecule has 1 aliphatic carbocycles. The molecule has 7 nitrogen and oxygen atoms in total. The van der Waals surface area contributed by atoms with Gasteiger partial charge in [0.15, 0.2) is 0 Å². The van der Waals surface area contributed by atoms with Crippen molar-refractivity contribution in [2.45, 2.75) is 51.2 Å². The van der Waals surface area contributed by atoms with E-state index in [9.17, 15) is 18.0 Å². The maximum Gasteiger partial charge on any atom is 0.341 e. The maximum atomic E-state index is 13.1. The average Bonchev–Trinajstić information content (AvgIpc) is 3.18. The van der Waals surface area contributed by atoms with Gasteiger partial charge in [0.25, 0.3) is 0 Å². The molecule has 0 bridgehead atoms. The van der Waals surface area contributed by atoms with Crippen LogP contribution in [-0.2, 0) is 38.1 Å². The van der Waals surface area contributed by atoms with Crippen LogP contribution >= 0.6 is 27.3 Å². The molecule has 1 amide bonds. The smallest absolute Gasteiger partial charge is 0.341 e. The maximum absolute atomic E-state index is 13.1.